The number of carbonyl (C=O) groups is 2. The van der Waals surface area contributed by atoms with E-state index in [-0.39, 0.29) is 30.8 Å². The van der Waals surface area contributed by atoms with E-state index >= 15 is 0 Å². The summed E-state index contributed by atoms with van der Waals surface area (Å²) in [5, 5.41) is 10.4. The minimum Gasteiger partial charge on any atom is -0.354 e. The van der Waals surface area contributed by atoms with Crippen molar-refractivity contribution in [1.29, 1.82) is 0 Å². The van der Waals surface area contributed by atoms with Crippen LogP contribution in [0.1, 0.15) is 36.3 Å². The lowest BCUT2D eigenvalue weighted by Crippen LogP contribution is -2.34. The Hall–Kier alpha value is -2.34. The van der Waals surface area contributed by atoms with E-state index in [0.717, 1.165) is 5.69 Å². The Balaban J connectivity index is 2.00. The summed E-state index contributed by atoms with van der Waals surface area (Å²) in [7, 11) is 0. The molecule has 6 nitrogen and oxygen atoms in total. The lowest BCUT2D eigenvalue weighted by Gasteiger charge is -2.09. The summed E-state index contributed by atoms with van der Waals surface area (Å²) in [6.07, 6.45) is 1.76. The molecule has 0 radical (unpaired) electrons. The molecule has 0 bridgehead atoms. The number of benzene rings is 1. The van der Waals surface area contributed by atoms with E-state index in [1.165, 1.54) is 6.20 Å². The normalized spacial score (nSPS) is 10.7. The van der Waals surface area contributed by atoms with Crippen LogP contribution in [0, 0.1) is 6.92 Å². The topological polar surface area (TPSA) is 76.0 Å². The second-order valence-corrected chi connectivity index (χ2v) is 6.20. The summed E-state index contributed by atoms with van der Waals surface area (Å²) in [5.74, 6) is -0.338. The molecule has 0 fully saturated rings. The third-order valence-corrected chi connectivity index (χ3v) is 3.63. The van der Waals surface area contributed by atoms with Crippen molar-refractivity contribution in [2.75, 3.05) is 6.54 Å². The summed E-state index contributed by atoms with van der Waals surface area (Å²) >= 11 is 5.99. The Kier molecular flexibility index (Phi) is 5.98. The molecule has 1 aromatic carbocycles. The molecule has 0 aliphatic heterocycles. The highest BCUT2D eigenvalue weighted by molar-refractivity contribution is 6.30. The van der Waals surface area contributed by atoms with Crippen LogP contribution >= 0.6 is 11.6 Å². The third kappa shape index (κ3) is 4.58. The average Bonchev–Trinajstić information content (AvgIpc) is 2.88. The standard InChI is InChI=1S/C17H21ClN4O2/c1-11(2)21-16(23)7-8-19-17(24)15-10-20-22(12(15)3)14-6-4-5-13(18)9-14/h4-6,9-11H,7-8H2,1-3H3,(H,19,24)(H,21,23). The number of aromatic nitrogens is 2. The maximum Gasteiger partial charge on any atom is 0.254 e. The molecule has 128 valence electrons. The van der Waals surface area contributed by atoms with Gasteiger partial charge in [0.05, 0.1) is 23.1 Å². The van der Waals surface area contributed by atoms with Gasteiger partial charge in [0, 0.05) is 24.0 Å². The number of nitrogens with one attached hydrogen (secondary N) is 2. The lowest BCUT2D eigenvalue weighted by molar-refractivity contribution is -0.121. The zero-order chi connectivity index (χ0) is 17.7. The minimum absolute atomic E-state index is 0.0864. The highest BCUT2D eigenvalue weighted by Gasteiger charge is 2.15. The Morgan fingerprint density at radius 2 is 2.08 bits per heavy atom. The van der Waals surface area contributed by atoms with E-state index in [0.29, 0.717) is 16.3 Å². The van der Waals surface area contributed by atoms with E-state index in [1.54, 1.807) is 16.8 Å². The summed E-state index contributed by atoms with van der Waals surface area (Å²) in [5.41, 5.74) is 1.97. The van der Waals surface area contributed by atoms with Gasteiger partial charge < -0.3 is 10.6 Å². The van der Waals surface area contributed by atoms with Gasteiger partial charge in [-0.2, -0.15) is 5.10 Å². The van der Waals surface area contributed by atoms with Crippen molar-refractivity contribution in [2.24, 2.45) is 0 Å². The quantitative estimate of drug-likeness (QED) is 0.842. The predicted molar refractivity (Wildman–Crippen MR) is 93.5 cm³/mol. The maximum atomic E-state index is 12.3. The molecule has 1 heterocycles. The highest BCUT2D eigenvalue weighted by Crippen LogP contribution is 2.17. The van der Waals surface area contributed by atoms with Crippen LogP contribution in [-0.4, -0.2) is 34.2 Å². The number of hydrogen-bond donors (Lipinski definition) is 2. The molecule has 0 atom stereocenters. The first-order valence-corrected chi connectivity index (χ1v) is 8.14. The van der Waals surface area contributed by atoms with E-state index in [2.05, 4.69) is 15.7 Å². The van der Waals surface area contributed by atoms with Crippen molar-refractivity contribution in [3.05, 3.63) is 46.7 Å². The van der Waals surface area contributed by atoms with Crippen LogP contribution in [0.15, 0.2) is 30.5 Å². The van der Waals surface area contributed by atoms with Gasteiger partial charge in [-0.1, -0.05) is 17.7 Å². The Labute approximate surface area is 146 Å². The molecular formula is C17H21ClN4O2. The largest absolute Gasteiger partial charge is 0.354 e. The van der Waals surface area contributed by atoms with Gasteiger partial charge in [0.25, 0.3) is 5.91 Å². The maximum absolute atomic E-state index is 12.3. The first-order valence-electron chi connectivity index (χ1n) is 7.76. The number of carbonyl (C=O) groups excluding carboxylic acids is 2. The smallest absolute Gasteiger partial charge is 0.254 e. The van der Waals surface area contributed by atoms with E-state index in [9.17, 15) is 9.59 Å². The molecule has 2 amide bonds. The zero-order valence-corrected chi connectivity index (χ0v) is 14.7. The molecule has 0 aliphatic rings. The molecule has 1 aromatic heterocycles. The molecule has 0 saturated carbocycles. The van der Waals surface area contributed by atoms with Crippen LogP contribution in [0.25, 0.3) is 5.69 Å². The SMILES string of the molecule is Cc1c(C(=O)NCCC(=O)NC(C)C)cnn1-c1cccc(Cl)c1. The lowest BCUT2D eigenvalue weighted by atomic mass is 10.2. The molecule has 0 unspecified atom stereocenters. The van der Waals surface area contributed by atoms with Crippen molar-refractivity contribution >= 4 is 23.4 Å². The first-order chi connectivity index (χ1) is 11.4. The van der Waals surface area contributed by atoms with Crippen LogP contribution in [0.4, 0.5) is 0 Å². The number of halogens is 1. The summed E-state index contributed by atoms with van der Waals surface area (Å²) in [4.78, 5) is 23.8. The van der Waals surface area contributed by atoms with Crippen LogP contribution in [0.3, 0.4) is 0 Å². The van der Waals surface area contributed by atoms with Gasteiger partial charge in [-0.3, -0.25) is 9.59 Å². The summed E-state index contributed by atoms with van der Waals surface area (Å²) in [6, 6.07) is 7.33. The summed E-state index contributed by atoms with van der Waals surface area (Å²) < 4.78 is 1.66. The second kappa shape index (κ2) is 7.97. The van der Waals surface area contributed by atoms with Crippen molar-refractivity contribution in [3.8, 4) is 5.69 Å². The van der Waals surface area contributed by atoms with Gasteiger partial charge >= 0.3 is 0 Å². The number of amides is 2. The van der Waals surface area contributed by atoms with E-state index in [4.69, 9.17) is 11.6 Å². The van der Waals surface area contributed by atoms with Crippen LogP contribution < -0.4 is 10.6 Å². The van der Waals surface area contributed by atoms with Gasteiger partial charge in [-0.15, -0.1) is 0 Å². The molecule has 2 aromatic rings. The fourth-order valence-electron chi connectivity index (χ4n) is 2.28. The fourth-order valence-corrected chi connectivity index (χ4v) is 2.46. The molecule has 7 heteroatoms. The van der Waals surface area contributed by atoms with Gasteiger partial charge in [0.2, 0.25) is 5.91 Å². The molecule has 0 aliphatic carbocycles. The highest BCUT2D eigenvalue weighted by atomic mass is 35.5. The molecule has 2 rings (SSSR count). The molecule has 0 saturated heterocycles. The molecule has 2 N–H and O–H groups in total. The van der Waals surface area contributed by atoms with Gasteiger partial charge in [0.1, 0.15) is 0 Å². The van der Waals surface area contributed by atoms with Crippen LogP contribution in [0.2, 0.25) is 5.02 Å². The molecule has 0 spiro atoms. The van der Waals surface area contributed by atoms with Crippen molar-refractivity contribution < 1.29 is 9.59 Å². The van der Waals surface area contributed by atoms with Crippen LogP contribution in [-0.2, 0) is 4.79 Å². The molecular weight excluding hydrogens is 328 g/mol. The van der Waals surface area contributed by atoms with Gasteiger partial charge in [-0.05, 0) is 39.0 Å². The second-order valence-electron chi connectivity index (χ2n) is 5.76. The third-order valence-electron chi connectivity index (χ3n) is 3.39. The predicted octanol–water partition coefficient (Wildman–Crippen LogP) is 2.48. The van der Waals surface area contributed by atoms with E-state index < -0.39 is 0 Å². The first kappa shape index (κ1) is 18.0. The van der Waals surface area contributed by atoms with Gasteiger partial charge in [0.15, 0.2) is 0 Å². The number of hydrogen-bond acceptors (Lipinski definition) is 3. The van der Waals surface area contributed by atoms with Crippen molar-refractivity contribution in [1.82, 2.24) is 20.4 Å². The zero-order valence-electron chi connectivity index (χ0n) is 14.0. The Morgan fingerprint density at radius 1 is 1.33 bits per heavy atom. The molecule has 24 heavy (non-hydrogen) atoms. The minimum atomic E-state index is -0.252. The average molecular weight is 349 g/mol. The summed E-state index contributed by atoms with van der Waals surface area (Å²) in [6.45, 7) is 5.88. The fraction of sp³-hybridized carbons (Fsp3) is 0.353. The Bertz CT molecular complexity index is 740. The van der Waals surface area contributed by atoms with Crippen LogP contribution in [0.5, 0.6) is 0 Å². The van der Waals surface area contributed by atoms with Gasteiger partial charge in [-0.25, -0.2) is 4.68 Å². The number of rotatable bonds is 6. The number of nitrogens with zero attached hydrogens (tertiary/aromatic N) is 2. The monoisotopic (exact) mass is 348 g/mol. The Morgan fingerprint density at radius 3 is 2.75 bits per heavy atom. The van der Waals surface area contributed by atoms with Crippen molar-refractivity contribution in [2.45, 2.75) is 33.2 Å². The van der Waals surface area contributed by atoms with Crippen molar-refractivity contribution in [3.63, 3.8) is 0 Å². The van der Waals surface area contributed by atoms with E-state index in [1.807, 2.05) is 32.9 Å².